The number of hydrogen-bond donors (Lipinski definition) is 2. The third-order valence-corrected chi connectivity index (χ3v) is 6.57. The topological polar surface area (TPSA) is 96.0 Å². The van der Waals surface area contributed by atoms with Crippen molar-refractivity contribution >= 4 is 12.2 Å². The van der Waals surface area contributed by atoms with Crippen molar-refractivity contribution in [3.63, 3.8) is 0 Å². The van der Waals surface area contributed by atoms with Crippen LogP contribution in [0.25, 0.3) is 0 Å². The average molecular weight is 518 g/mol. The summed E-state index contributed by atoms with van der Waals surface area (Å²) in [5.41, 5.74) is 1.45. The van der Waals surface area contributed by atoms with Crippen LogP contribution in [-0.4, -0.2) is 83.5 Å². The molecule has 1 fully saturated rings. The number of ether oxygens (including phenoxy) is 2. The Hall–Kier alpha value is -2.39. The lowest BCUT2D eigenvalue weighted by molar-refractivity contribution is 0.00458. The second kappa shape index (κ2) is 12.9. The minimum absolute atomic E-state index is 0.0116. The molecule has 3 rings (SSSR count). The molecule has 2 heterocycles. The van der Waals surface area contributed by atoms with Gasteiger partial charge in [0, 0.05) is 38.9 Å². The number of aromatic nitrogens is 1. The van der Waals surface area contributed by atoms with E-state index in [1.54, 1.807) is 0 Å². The Labute approximate surface area is 222 Å². The molecule has 0 radical (unpaired) electrons. The monoisotopic (exact) mass is 517 g/mol. The van der Waals surface area contributed by atoms with Gasteiger partial charge in [-0.2, -0.15) is 0 Å². The number of fused-ring (bicyclic) bond motifs is 1. The van der Waals surface area contributed by atoms with E-state index < -0.39 is 11.2 Å². The van der Waals surface area contributed by atoms with Crippen LogP contribution in [0.2, 0.25) is 0 Å². The first-order valence-electron chi connectivity index (χ1n) is 13.8. The highest BCUT2D eigenvalue weighted by atomic mass is 16.6. The zero-order valence-corrected chi connectivity index (χ0v) is 23.6. The van der Waals surface area contributed by atoms with E-state index in [1.807, 2.05) is 58.7 Å². The minimum Gasteiger partial charge on any atom is -0.444 e. The van der Waals surface area contributed by atoms with Crippen LogP contribution in [0.5, 0.6) is 0 Å². The highest BCUT2D eigenvalue weighted by Crippen LogP contribution is 2.33. The first kappa shape index (κ1) is 29.2. The summed E-state index contributed by atoms with van der Waals surface area (Å²) in [6.07, 6.45) is 6.25. The van der Waals surface area contributed by atoms with Crippen molar-refractivity contribution in [2.75, 3.05) is 39.3 Å². The number of amides is 2. The summed E-state index contributed by atoms with van der Waals surface area (Å²) < 4.78 is 11.1. The highest BCUT2D eigenvalue weighted by Gasteiger charge is 2.34. The summed E-state index contributed by atoms with van der Waals surface area (Å²) in [6, 6.07) is 4.43. The molecule has 1 aromatic heterocycles. The fourth-order valence-electron chi connectivity index (χ4n) is 5.01. The summed E-state index contributed by atoms with van der Waals surface area (Å²) in [5, 5.41) is 6.33. The van der Waals surface area contributed by atoms with Crippen LogP contribution < -0.4 is 10.6 Å². The number of rotatable bonds is 8. The number of unbranched alkanes of at least 4 members (excludes halogenated alkanes) is 1. The fourth-order valence-corrected chi connectivity index (χ4v) is 5.01. The maximum atomic E-state index is 13.0. The largest absolute Gasteiger partial charge is 0.444 e. The molecular formula is C28H47N5O4. The van der Waals surface area contributed by atoms with Gasteiger partial charge in [-0.1, -0.05) is 6.07 Å². The van der Waals surface area contributed by atoms with E-state index in [9.17, 15) is 9.59 Å². The predicted octanol–water partition coefficient (Wildman–Crippen LogP) is 4.27. The van der Waals surface area contributed by atoms with Crippen molar-refractivity contribution in [3.8, 4) is 0 Å². The van der Waals surface area contributed by atoms with E-state index in [-0.39, 0.29) is 24.3 Å². The van der Waals surface area contributed by atoms with Gasteiger partial charge in [-0.3, -0.25) is 9.88 Å². The van der Waals surface area contributed by atoms with Gasteiger partial charge < -0.3 is 25.0 Å². The van der Waals surface area contributed by atoms with Crippen LogP contribution in [0.15, 0.2) is 18.3 Å². The lowest BCUT2D eigenvalue weighted by Crippen LogP contribution is -2.58. The molecule has 0 aromatic carbocycles. The molecule has 1 aliphatic heterocycles. The summed E-state index contributed by atoms with van der Waals surface area (Å²) in [6.45, 7) is 15.6. The maximum Gasteiger partial charge on any atom is 0.410 e. The third kappa shape index (κ3) is 9.45. The number of hydrogen-bond acceptors (Lipinski definition) is 7. The number of nitrogens with one attached hydrogen (secondary N) is 2. The van der Waals surface area contributed by atoms with Gasteiger partial charge in [0.05, 0.1) is 17.8 Å². The second-order valence-corrected chi connectivity index (χ2v) is 12.1. The van der Waals surface area contributed by atoms with E-state index in [0.717, 1.165) is 64.0 Å². The van der Waals surface area contributed by atoms with Crippen molar-refractivity contribution < 1.29 is 19.1 Å². The molecule has 2 atom stereocenters. The Bertz CT molecular complexity index is 895. The van der Waals surface area contributed by atoms with Crippen molar-refractivity contribution in [1.82, 2.24) is 25.4 Å². The van der Waals surface area contributed by atoms with Gasteiger partial charge >= 0.3 is 12.2 Å². The SMILES string of the molecule is CC(C)(C)OC(=O)NCCCCN(C[C@@H]1CNCCN1C(=O)OC(C)(C)C)[C@H]1CCCc2cccnc21. The fraction of sp³-hybridized carbons (Fsp3) is 0.750. The van der Waals surface area contributed by atoms with Crippen LogP contribution in [0.1, 0.15) is 84.5 Å². The molecule has 2 aliphatic rings. The normalized spacial score (nSPS) is 20.4. The molecule has 208 valence electrons. The molecule has 1 aliphatic carbocycles. The van der Waals surface area contributed by atoms with Gasteiger partial charge in [0.25, 0.3) is 0 Å². The Morgan fingerprint density at radius 3 is 2.65 bits per heavy atom. The zero-order chi connectivity index (χ0) is 27.1. The summed E-state index contributed by atoms with van der Waals surface area (Å²) in [7, 11) is 0. The number of piperazine rings is 1. The Balaban J connectivity index is 1.67. The second-order valence-electron chi connectivity index (χ2n) is 12.1. The molecule has 0 unspecified atom stereocenters. The van der Waals surface area contributed by atoms with Crippen LogP contribution in [0, 0.1) is 0 Å². The lowest BCUT2D eigenvalue weighted by atomic mass is 9.90. The first-order valence-corrected chi connectivity index (χ1v) is 13.8. The molecule has 2 N–H and O–H groups in total. The van der Waals surface area contributed by atoms with E-state index in [4.69, 9.17) is 14.5 Å². The third-order valence-electron chi connectivity index (χ3n) is 6.57. The van der Waals surface area contributed by atoms with Crippen molar-refractivity contribution in [3.05, 3.63) is 29.6 Å². The predicted molar refractivity (Wildman–Crippen MR) is 145 cm³/mol. The molecule has 1 saturated heterocycles. The number of pyridine rings is 1. The number of alkyl carbamates (subject to hydrolysis) is 1. The Morgan fingerprint density at radius 2 is 1.92 bits per heavy atom. The quantitative estimate of drug-likeness (QED) is 0.497. The molecule has 9 heteroatoms. The molecule has 0 saturated carbocycles. The molecule has 9 nitrogen and oxygen atoms in total. The molecule has 1 aromatic rings. The van der Waals surface area contributed by atoms with Gasteiger partial charge in [0.1, 0.15) is 11.2 Å². The summed E-state index contributed by atoms with van der Waals surface area (Å²) in [5.74, 6) is 0. The Kier molecular flexibility index (Phi) is 10.2. The van der Waals surface area contributed by atoms with Crippen LogP contribution in [-0.2, 0) is 15.9 Å². The van der Waals surface area contributed by atoms with Crippen molar-refractivity contribution in [2.45, 2.75) is 96.9 Å². The Morgan fingerprint density at radius 1 is 1.16 bits per heavy atom. The number of aryl methyl sites for hydroxylation is 1. The molecule has 0 spiro atoms. The molecule has 0 bridgehead atoms. The van der Waals surface area contributed by atoms with E-state index in [2.05, 4.69) is 21.6 Å². The average Bonchev–Trinajstić information content (AvgIpc) is 2.81. The van der Waals surface area contributed by atoms with E-state index in [0.29, 0.717) is 13.1 Å². The van der Waals surface area contributed by atoms with Gasteiger partial charge in [0.15, 0.2) is 0 Å². The minimum atomic E-state index is -0.528. The van der Waals surface area contributed by atoms with Crippen LogP contribution >= 0.6 is 0 Å². The maximum absolute atomic E-state index is 13.0. The first-order chi connectivity index (χ1) is 17.4. The smallest absolute Gasteiger partial charge is 0.410 e. The summed E-state index contributed by atoms with van der Waals surface area (Å²) >= 11 is 0. The van der Waals surface area contributed by atoms with Crippen molar-refractivity contribution in [2.24, 2.45) is 0 Å². The van der Waals surface area contributed by atoms with Crippen LogP contribution in [0.4, 0.5) is 9.59 Å². The van der Waals surface area contributed by atoms with Crippen LogP contribution in [0.3, 0.4) is 0 Å². The number of nitrogens with zero attached hydrogens (tertiary/aromatic N) is 3. The summed E-state index contributed by atoms with van der Waals surface area (Å²) in [4.78, 5) is 34.2. The van der Waals surface area contributed by atoms with Gasteiger partial charge in [-0.05, 0) is 91.8 Å². The number of carbonyl (C=O) groups is 2. The highest BCUT2D eigenvalue weighted by molar-refractivity contribution is 5.69. The van der Waals surface area contributed by atoms with E-state index >= 15 is 0 Å². The van der Waals surface area contributed by atoms with E-state index in [1.165, 1.54) is 5.56 Å². The number of carbonyl (C=O) groups excluding carboxylic acids is 2. The van der Waals surface area contributed by atoms with Gasteiger partial charge in [-0.15, -0.1) is 0 Å². The van der Waals surface area contributed by atoms with Crippen molar-refractivity contribution in [1.29, 1.82) is 0 Å². The standard InChI is InChI=1S/C28H47N5O4/c1-27(2,3)36-25(34)31-14-7-8-17-32(23-13-9-11-21-12-10-15-30-24(21)23)20-22-19-29-16-18-33(22)26(35)37-28(4,5)6/h10,12,15,22-23,29H,7-9,11,13-14,16-20H2,1-6H3,(H,31,34)/t22-,23-/m0/s1. The lowest BCUT2D eigenvalue weighted by Gasteiger charge is -2.42. The molecule has 37 heavy (non-hydrogen) atoms. The molecular weight excluding hydrogens is 470 g/mol. The van der Waals surface area contributed by atoms with Gasteiger partial charge in [0.2, 0.25) is 0 Å². The molecule has 2 amide bonds. The van der Waals surface area contributed by atoms with Gasteiger partial charge in [-0.25, -0.2) is 9.59 Å². The zero-order valence-electron chi connectivity index (χ0n) is 23.6.